The molecule has 0 aromatic heterocycles. The number of phenolic OH excluding ortho intramolecular Hbond substituents is 1. The maximum absolute atomic E-state index is 13.0. The Kier molecular flexibility index (Phi) is 7.68. The van der Waals surface area contributed by atoms with Gasteiger partial charge in [0, 0.05) is 47.7 Å². The molecule has 158 valence electrons. The van der Waals surface area contributed by atoms with Crippen LogP contribution in [0.4, 0.5) is 11.4 Å². The highest BCUT2D eigenvalue weighted by Crippen LogP contribution is 2.29. The molecule has 29 heavy (non-hydrogen) atoms. The molecule has 0 aliphatic carbocycles. The monoisotopic (exact) mass is 397 g/mol. The molecule has 1 amide bonds. The van der Waals surface area contributed by atoms with E-state index in [1.54, 1.807) is 12.1 Å². The maximum Gasteiger partial charge on any atom is 0.254 e. The molecule has 0 bridgehead atoms. The second-order valence-electron chi connectivity index (χ2n) is 8.39. The first-order valence-electron chi connectivity index (χ1n) is 10.3. The smallest absolute Gasteiger partial charge is 0.254 e. The van der Waals surface area contributed by atoms with Crippen molar-refractivity contribution < 1.29 is 9.90 Å². The number of hydrogen-bond acceptors (Lipinski definition) is 4. The number of phenols is 1. The largest absolute Gasteiger partial charge is 0.508 e. The Balaban J connectivity index is 2.36. The van der Waals surface area contributed by atoms with Crippen LogP contribution in [0.1, 0.15) is 45.0 Å². The third-order valence-electron chi connectivity index (χ3n) is 5.24. The van der Waals surface area contributed by atoms with Gasteiger partial charge in [0.2, 0.25) is 0 Å². The molecule has 5 nitrogen and oxygen atoms in total. The molecule has 0 radical (unpaired) electrons. The lowest BCUT2D eigenvalue weighted by Gasteiger charge is -2.32. The van der Waals surface area contributed by atoms with Crippen LogP contribution in [-0.2, 0) is 0 Å². The van der Waals surface area contributed by atoms with Gasteiger partial charge >= 0.3 is 0 Å². The Bertz CT molecular complexity index is 792. The number of amides is 1. The SMILES string of the molecule is CC(CN(c1ccc(C(=O)N(C(C)C)C(C)C)cc1)c1cccc(O)c1)N(C)C. The molecule has 2 rings (SSSR count). The van der Waals surface area contributed by atoms with Gasteiger partial charge < -0.3 is 19.8 Å². The maximum atomic E-state index is 13.0. The van der Waals surface area contributed by atoms with Gasteiger partial charge in [0.1, 0.15) is 5.75 Å². The lowest BCUT2D eigenvalue weighted by molar-refractivity contribution is 0.0643. The van der Waals surface area contributed by atoms with Crippen molar-refractivity contribution in [1.82, 2.24) is 9.80 Å². The Morgan fingerprint density at radius 1 is 0.897 bits per heavy atom. The fourth-order valence-corrected chi connectivity index (χ4v) is 3.45. The van der Waals surface area contributed by atoms with E-state index >= 15 is 0 Å². The van der Waals surface area contributed by atoms with Crippen LogP contribution in [0.3, 0.4) is 0 Å². The average molecular weight is 398 g/mol. The molecule has 0 spiro atoms. The third-order valence-corrected chi connectivity index (χ3v) is 5.24. The van der Waals surface area contributed by atoms with E-state index in [2.05, 4.69) is 30.8 Å². The molecule has 2 aromatic carbocycles. The van der Waals surface area contributed by atoms with Gasteiger partial charge in [0.05, 0.1) is 0 Å². The summed E-state index contributed by atoms with van der Waals surface area (Å²) >= 11 is 0. The zero-order valence-corrected chi connectivity index (χ0v) is 18.8. The summed E-state index contributed by atoms with van der Waals surface area (Å²) in [5, 5.41) is 9.95. The number of likely N-dealkylation sites (N-methyl/N-ethyl adjacent to an activating group) is 1. The van der Waals surface area contributed by atoms with E-state index in [0.29, 0.717) is 11.6 Å². The number of hydrogen-bond donors (Lipinski definition) is 1. The Morgan fingerprint density at radius 2 is 1.48 bits per heavy atom. The van der Waals surface area contributed by atoms with E-state index in [9.17, 15) is 9.90 Å². The van der Waals surface area contributed by atoms with Gasteiger partial charge in [-0.15, -0.1) is 0 Å². The van der Waals surface area contributed by atoms with Gasteiger partial charge in [0.25, 0.3) is 5.91 Å². The molecule has 0 saturated heterocycles. The Labute approximate surface area is 175 Å². The highest BCUT2D eigenvalue weighted by atomic mass is 16.3. The van der Waals surface area contributed by atoms with E-state index in [1.165, 1.54) is 0 Å². The van der Waals surface area contributed by atoms with Gasteiger partial charge in [-0.05, 0) is 85.1 Å². The highest BCUT2D eigenvalue weighted by molar-refractivity contribution is 5.95. The summed E-state index contributed by atoms with van der Waals surface area (Å²) in [7, 11) is 4.11. The summed E-state index contributed by atoms with van der Waals surface area (Å²) in [5.74, 6) is 0.286. The summed E-state index contributed by atoms with van der Waals surface area (Å²) < 4.78 is 0. The van der Waals surface area contributed by atoms with E-state index in [-0.39, 0.29) is 23.7 Å². The molecule has 1 N–H and O–H groups in total. The number of anilines is 2. The van der Waals surface area contributed by atoms with E-state index < -0.39 is 0 Å². The van der Waals surface area contributed by atoms with Crippen LogP contribution in [-0.4, -0.2) is 59.6 Å². The Morgan fingerprint density at radius 3 is 1.97 bits per heavy atom. The normalized spacial score (nSPS) is 12.5. The van der Waals surface area contributed by atoms with Crippen molar-refractivity contribution in [3.05, 3.63) is 54.1 Å². The molecule has 0 heterocycles. The van der Waals surface area contributed by atoms with Crippen LogP contribution >= 0.6 is 0 Å². The van der Waals surface area contributed by atoms with E-state index in [4.69, 9.17) is 0 Å². The van der Waals surface area contributed by atoms with Crippen LogP contribution in [0.2, 0.25) is 0 Å². The standard InChI is InChI=1S/C24H35N3O2/c1-17(2)27(18(3)4)24(29)20-11-13-21(14-12-20)26(16-19(5)25(6)7)22-9-8-10-23(28)15-22/h8-15,17-19,28H,16H2,1-7H3. The molecule has 1 atom stereocenters. The van der Waals surface area contributed by atoms with Gasteiger partial charge in [-0.3, -0.25) is 4.79 Å². The van der Waals surface area contributed by atoms with E-state index in [1.807, 2.05) is 69.0 Å². The fraction of sp³-hybridized carbons (Fsp3) is 0.458. The minimum atomic E-state index is 0.0483. The fourth-order valence-electron chi connectivity index (χ4n) is 3.45. The highest BCUT2D eigenvalue weighted by Gasteiger charge is 2.22. The van der Waals surface area contributed by atoms with Gasteiger partial charge in [0.15, 0.2) is 0 Å². The molecule has 5 heteroatoms. The number of nitrogens with zero attached hydrogens (tertiary/aromatic N) is 3. The van der Waals surface area contributed by atoms with Crippen LogP contribution in [0.5, 0.6) is 5.75 Å². The predicted molar refractivity (Wildman–Crippen MR) is 121 cm³/mol. The Hall–Kier alpha value is -2.53. The van der Waals surface area contributed by atoms with Crippen LogP contribution in [0.15, 0.2) is 48.5 Å². The minimum absolute atomic E-state index is 0.0483. The summed E-state index contributed by atoms with van der Waals surface area (Å²) in [6.07, 6.45) is 0. The second-order valence-corrected chi connectivity index (χ2v) is 8.39. The van der Waals surface area contributed by atoms with Gasteiger partial charge in [-0.2, -0.15) is 0 Å². The van der Waals surface area contributed by atoms with Crippen molar-refractivity contribution in [3.8, 4) is 5.75 Å². The number of rotatable bonds is 8. The molecule has 0 saturated carbocycles. The first kappa shape index (κ1) is 22.8. The molecule has 0 fully saturated rings. The van der Waals surface area contributed by atoms with Gasteiger partial charge in [-0.25, -0.2) is 0 Å². The van der Waals surface area contributed by atoms with Crippen molar-refractivity contribution in [2.75, 3.05) is 25.5 Å². The van der Waals surface area contributed by atoms with Crippen molar-refractivity contribution in [2.24, 2.45) is 0 Å². The summed E-state index contributed by atoms with van der Waals surface area (Å²) in [6.45, 7) is 11.1. The summed E-state index contributed by atoms with van der Waals surface area (Å²) in [6, 6.07) is 15.6. The second kappa shape index (κ2) is 9.79. The lowest BCUT2D eigenvalue weighted by Crippen LogP contribution is -2.42. The zero-order valence-electron chi connectivity index (χ0n) is 18.8. The molecule has 0 aliphatic heterocycles. The number of aromatic hydroxyl groups is 1. The van der Waals surface area contributed by atoms with Crippen molar-refractivity contribution in [2.45, 2.75) is 52.7 Å². The van der Waals surface area contributed by atoms with Crippen molar-refractivity contribution in [1.29, 1.82) is 0 Å². The molecule has 2 aromatic rings. The van der Waals surface area contributed by atoms with Crippen LogP contribution < -0.4 is 4.90 Å². The van der Waals surface area contributed by atoms with E-state index in [0.717, 1.165) is 17.9 Å². The minimum Gasteiger partial charge on any atom is -0.508 e. The summed E-state index contributed by atoms with van der Waals surface area (Å²) in [4.78, 5) is 19.2. The molecule has 1 unspecified atom stereocenters. The molecule has 0 aliphatic rings. The predicted octanol–water partition coefficient (Wildman–Crippen LogP) is 4.74. The first-order chi connectivity index (χ1) is 13.6. The van der Waals surface area contributed by atoms with Crippen molar-refractivity contribution >= 4 is 17.3 Å². The van der Waals surface area contributed by atoms with Crippen LogP contribution in [0, 0.1) is 0 Å². The topological polar surface area (TPSA) is 47.0 Å². The lowest BCUT2D eigenvalue weighted by atomic mass is 10.1. The number of benzene rings is 2. The molecular formula is C24H35N3O2. The summed E-state index contributed by atoms with van der Waals surface area (Å²) in [5.41, 5.74) is 2.60. The van der Waals surface area contributed by atoms with Crippen LogP contribution in [0.25, 0.3) is 0 Å². The quantitative estimate of drug-likeness (QED) is 0.699. The van der Waals surface area contributed by atoms with Crippen molar-refractivity contribution in [3.63, 3.8) is 0 Å². The first-order valence-corrected chi connectivity index (χ1v) is 10.3. The molecular weight excluding hydrogens is 362 g/mol. The van der Waals surface area contributed by atoms with Gasteiger partial charge in [-0.1, -0.05) is 6.07 Å². The number of carbonyl (C=O) groups is 1. The number of carbonyl (C=O) groups excluding carboxylic acids is 1. The third kappa shape index (κ3) is 5.73. The zero-order chi connectivity index (χ0) is 21.7. The average Bonchev–Trinajstić information content (AvgIpc) is 2.65.